The van der Waals surface area contributed by atoms with Gasteiger partial charge in [0.15, 0.2) is 0 Å². The van der Waals surface area contributed by atoms with E-state index in [1.807, 2.05) is 32.0 Å². The highest BCUT2D eigenvalue weighted by Crippen LogP contribution is 2.27. The fraction of sp³-hybridized carbons (Fsp3) is 0.300. The summed E-state index contributed by atoms with van der Waals surface area (Å²) in [5, 5.41) is 11.7. The van der Waals surface area contributed by atoms with E-state index >= 15 is 0 Å². The van der Waals surface area contributed by atoms with Gasteiger partial charge in [-0.25, -0.2) is 0 Å². The molecule has 0 saturated heterocycles. The number of aliphatic carboxylic acids is 1. The van der Waals surface area contributed by atoms with E-state index in [1.165, 1.54) is 0 Å². The van der Waals surface area contributed by atoms with Crippen LogP contribution in [0.5, 0.6) is 5.75 Å². The summed E-state index contributed by atoms with van der Waals surface area (Å²) in [5.41, 5.74) is 3.04. The van der Waals surface area contributed by atoms with Crippen molar-refractivity contribution in [3.8, 4) is 5.75 Å². The molecule has 1 amide bonds. The molecule has 0 atom stereocenters. The molecule has 0 bridgehead atoms. The van der Waals surface area contributed by atoms with Gasteiger partial charge in [0.2, 0.25) is 0 Å². The third-order valence-corrected chi connectivity index (χ3v) is 3.70. The number of carbonyl (C=O) groups excluding carboxylic acids is 1. The second-order valence-corrected chi connectivity index (χ2v) is 5.89. The number of hydrogen-bond donors (Lipinski definition) is 2. The third kappa shape index (κ3) is 5.64. The van der Waals surface area contributed by atoms with Gasteiger partial charge >= 0.3 is 5.97 Å². The maximum atomic E-state index is 12.5. The monoisotopic (exact) mass is 341 g/mol. The predicted octanol–water partition coefficient (Wildman–Crippen LogP) is 4.05. The van der Waals surface area contributed by atoms with Crippen LogP contribution in [0.3, 0.4) is 0 Å². The highest BCUT2D eigenvalue weighted by atomic mass is 16.5. The van der Waals surface area contributed by atoms with E-state index in [1.54, 1.807) is 24.3 Å². The van der Waals surface area contributed by atoms with Gasteiger partial charge in [0, 0.05) is 12.0 Å². The van der Waals surface area contributed by atoms with Crippen LogP contribution in [0.4, 0.5) is 5.69 Å². The molecule has 132 valence electrons. The average molecular weight is 341 g/mol. The fourth-order valence-corrected chi connectivity index (χ4v) is 2.32. The van der Waals surface area contributed by atoms with Crippen LogP contribution < -0.4 is 10.1 Å². The predicted molar refractivity (Wildman–Crippen MR) is 97.3 cm³/mol. The summed E-state index contributed by atoms with van der Waals surface area (Å²) in [4.78, 5) is 23.2. The molecule has 0 heterocycles. The quantitative estimate of drug-likeness (QED) is 0.759. The molecule has 2 rings (SSSR count). The number of ether oxygens (including phenoxy) is 1. The molecular formula is C20H23NO4. The van der Waals surface area contributed by atoms with Gasteiger partial charge in [-0.1, -0.05) is 30.7 Å². The summed E-state index contributed by atoms with van der Waals surface area (Å²) < 4.78 is 5.69. The molecule has 0 aromatic heterocycles. The topological polar surface area (TPSA) is 75.6 Å². The first-order valence-corrected chi connectivity index (χ1v) is 8.35. The third-order valence-electron chi connectivity index (χ3n) is 3.70. The zero-order valence-electron chi connectivity index (χ0n) is 14.5. The van der Waals surface area contributed by atoms with Crippen LogP contribution in [0.15, 0.2) is 42.5 Å². The largest absolute Gasteiger partial charge is 0.491 e. The Kier molecular flexibility index (Phi) is 6.57. The van der Waals surface area contributed by atoms with E-state index in [0.717, 1.165) is 17.5 Å². The number of amides is 1. The summed E-state index contributed by atoms with van der Waals surface area (Å²) in [6.07, 6.45) is 1.30. The second kappa shape index (κ2) is 8.87. The van der Waals surface area contributed by atoms with E-state index in [0.29, 0.717) is 30.0 Å². The van der Waals surface area contributed by atoms with E-state index in [9.17, 15) is 9.59 Å². The van der Waals surface area contributed by atoms with Crippen LogP contribution in [0.2, 0.25) is 0 Å². The van der Waals surface area contributed by atoms with Crippen molar-refractivity contribution in [2.75, 3.05) is 11.9 Å². The molecule has 0 spiro atoms. The van der Waals surface area contributed by atoms with Crippen LogP contribution in [-0.4, -0.2) is 23.6 Å². The highest BCUT2D eigenvalue weighted by Gasteiger charge is 2.12. The molecule has 2 aromatic rings. The lowest BCUT2D eigenvalue weighted by molar-refractivity contribution is -0.136. The van der Waals surface area contributed by atoms with Crippen molar-refractivity contribution >= 4 is 17.6 Å². The molecule has 0 aliphatic rings. The van der Waals surface area contributed by atoms with Crippen LogP contribution in [0.25, 0.3) is 0 Å². The number of rotatable bonds is 8. The number of aryl methyl sites for hydroxylation is 2. The molecule has 0 fully saturated rings. The molecule has 0 unspecified atom stereocenters. The summed E-state index contributed by atoms with van der Waals surface area (Å²) in [6.45, 7) is 4.51. The van der Waals surface area contributed by atoms with Gasteiger partial charge in [-0.2, -0.15) is 0 Å². The van der Waals surface area contributed by atoms with E-state index in [2.05, 4.69) is 5.32 Å². The first kappa shape index (κ1) is 18.5. The Labute approximate surface area is 147 Å². The summed E-state index contributed by atoms with van der Waals surface area (Å²) in [5.74, 6) is -0.491. The minimum Gasteiger partial charge on any atom is -0.491 e. The second-order valence-electron chi connectivity index (χ2n) is 5.89. The van der Waals surface area contributed by atoms with Crippen molar-refractivity contribution in [3.63, 3.8) is 0 Å². The Morgan fingerprint density at radius 3 is 2.48 bits per heavy atom. The van der Waals surface area contributed by atoms with Gasteiger partial charge in [-0.3, -0.25) is 9.59 Å². The maximum absolute atomic E-state index is 12.5. The molecule has 5 nitrogen and oxygen atoms in total. The maximum Gasteiger partial charge on any atom is 0.303 e. The Morgan fingerprint density at radius 2 is 1.84 bits per heavy atom. The van der Waals surface area contributed by atoms with Gasteiger partial charge in [0.05, 0.1) is 12.3 Å². The zero-order chi connectivity index (χ0) is 18.2. The smallest absolute Gasteiger partial charge is 0.303 e. The van der Waals surface area contributed by atoms with Crippen LogP contribution in [0.1, 0.15) is 41.3 Å². The Balaban J connectivity index is 2.21. The van der Waals surface area contributed by atoms with Crippen molar-refractivity contribution in [2.24, 2.45) is 0 Å². The van der Waals surface area contributed by atoms with Crippen molar-refractivity contribution in [3.05, 3.63) is 59.2 Å². The first-order chi connectivity index (χ1) is 12.0. The number of carbonyl (C=O) groups is 2. The standard InChI is InChI=1S/C20H23NO4/c1-3-12-25-18-10-6-15(7-11-19(22)23)13-17(18)21-20(24)16-8-4-14(2)5-9-16/h4-6,8-10,13H,3,7,11-12H2,1-2H3,(H,21,24)(H,22,23). The van der Waals surface area contributed by atoms with Gasteiger partial charge < -0.3 is 15.2 Å². The van der Waals surface area contributed by atoms with Crippen LogP contribution in [0, 0.1) is 6.92 Å². The lowest BCUT2D eigenvalue weighted by atomic mass is 10.1. The molecule has 0 saturated carbocycles. The number of anilines is 1. The van der Waals surface area contributed by atoms with Gasteiger partial charge in [-0.05, 0) is 49.6 Å². The molecule has 2 N–H and O–H groups in total. The number of benzene rings is 2. The number of hydrogen-bond acceptors (Lipinski definition) is 3. The molecule has 0 radical (unpaired) electrons. The van der Waals surface area contributed by atoms with Crippen molar-refractivity contribution in [1.29, 1.82) is 0 Å². The Hall–Kier alpha value is -2.82. The van der Waals surface area contributed by atoms with Crippen molar-refractivity contribution in [2.45, 2.75) is 33.1 Å². The normalized spacial score (nSPS) is 10.3. The van der Waals surface area contributed by atoms with E-state index in [-0.39, 0.29) is 12.3 Å². The lowest BCUT2D eigenvalue weighted by Gasteiger charge is -2.14. The molecule has 0 aliphatic heterocycles. The minimum atomic E-state index is -0.850. The summed E-state index contributed by atoms with van der Waals surface area (Å²) in [6, 6.07) is 12.7. The van der Waals surface area contributed by atoms with Crippen molar-refractivity contribution in [1.82, 2.24) is 0 Å². The highest BCUT2D eigenvalue weighted by molar-refractivity contribution is 6.05. The SMILES string of the molecule is CCCOc1ccc(CCC(=O)O)cc1NC(=O)c1ccc(C)cc1. The van der Waals surface area contributed by atoms with Gasteiger partial charge in [0.1, 0.15) is 5.75 Å². The van der Waals surface area contributed by atoms with E-state index < -0.39 is 5.97 Å². The molecule has 0 aliphatic carbocycles. The molecular weight excluding hydrogens is 318 g/mol. The van der Waals surface area contributed by atoms with Crippen molar-refractivity contribution < 1.29 is 19.4 Å². The van der Waals surface area contributed by atoms with Gasteiger partial charge in [0.25, 0.3) is 5.91 Å². The van der Waals surface area contributed by atoms with Gasteiger partial charge in [-0.15, -0.1) is 0 Å². The number of nitrogens with one attached hydrogen (secondary N) is 1. The summed E-state index contributed by atoms with van der Waals surface area (Å²) in [7, 11) is 0. The number of carboxylic acid groups (broad SMARTS) is 1. The summed E-state index contributed by atoms with van der Waals surface area (Å²) >= 11 is 0. The molecule has 5 heteroatoms. The van der Waals surface area contributed by atoms with Crippen LogP contribution in [-0.2, 0) is 11.2 Å². The Morgan fingerprint density at radius 1 is 1.12 bits per heavy atom. The minimum absolute atomic E-state index is 0.0422. The van der Waals surface area contributed by atoms with Crippen LogP contribution >= 0.6 is 0 Å². The zero-order valence-corrected chi connectivity index (χ0v) is 14.5. The Bertz CT molecular complexity index is 738. The molecule has 25 heavy (non-hydrogen) atoms. The lowest BCUT2D eigenvalue weighted by Crippen LogP contribution is -2.13. The average Bonchev–Trinajstić information content (AvgIpc) is 2.59. The molecule has 2 aromatic carbocycles. The number of carboxylic acids is 1. The first-order valence-electron chi connectivity index (χ1n) is 8.35. The van der Waals surface area contributed by atoms with E-state index in [4.69, 9.17) is 9.84 Å². The fourth-order valence-electron chi connectivity index (χ4n) is 2.32.